The van der Waals surface area contributed by atoms with E-state index < -0.39 is 0 Å². The molecule has 2 heterocycles. The Kier molecular flexibility index (Phi) is 4.83. The molecule has 0 unspecified atom stereocenters. The van der Waals surface area contributed by atoms with Crippen molar-refractivity contribution in [3.63, 3.8) is 0 Å². The maximum absolute atomic E-state index is 5.46. The van der Waals surface area contributed by atoms with Crippen molar-refractivity contribution in [1.82, 2.24) is 10.2 Å². The van der Waals surface area contributed by atoms with E-state index in [1.165, 1.54) is 0 Å². The Morgan fingerprint density at radius 3 is 2.94 bits per heavy atom. The van der Waals surface area contributed by atoms with Crippen LogP contribution in [0.15, 0.2) is 4.34 Å². The maximum Gasteiger partial charge on any atom is 0.206 e. The van der Waals surface area contributed by atoms with E-state index >= 15 is 0 Å². The molecule has 0 bridgehead atoms. The van der Waals surface area contributed by atoms with E-state index in [0.717, 1.165) is 41.3 Å². The highest BCUT2D eigenvalue weighted by Crippen LogP contribution is 2.26. The molecule has 16 heavy (non-hydrogen) atoms. The number of thioether (sulfide) groups is 1. The second-order valence-electron chi connectivity index (χ2n) is 3.28. The molecule has 1 aliphatic rings. The molecule has 7 heteroatoms. The number of nitrogens with zero attached hydrogens (tertiary/aromatic N) is 2. The SMILES string of the molecule is CNc1nnc(SCCC2OCCCO2)s1. The molecule has 0 amide bonds. The molecule has 1 aromatic heterocycles. The van der Waals surface area contributed by atoms with Gasteiger partial charge in [-0.05, 0) is 6.42 Å². The van der Waals surface area contributed by atoms with Crippen LogP contribution in [0.4, 0.5) is 5.13 Å². The van der Waals surface area contributed by atoms with Crippen LogP contribution in [0.2, 0.25) is 0 Å². The molecule has 1 saturated heterocycles. The standard InChI is InChI=1S/C9H15N3O2S2/c1-10-8-11-12-9(16-8)15-6-3-7-13-4-2-5-14-7/h7H,2-6H2,1H3,(H,10,11). The molecule has 1 aromatic rings. The summed E-state index contributed by atoms with van der Waals surface area (Å²) in [5.74, 6) is 0.947. The van der Waals surface area contributed by atoms with Crippen molar-refractivity contribution in [3.8, 4) is 0 Å². The lowest BCUT2D eigenvalue weighted by molar-refractivity contribution is -0.178. The summed E-state index contributed by atoms with van der Waals surface area (Å²) in [7, 11) is 1.85. The molecular weight excluding hydrogens is 246 g/mol. The van der Waals surface area contributed by atoms with Crippen LogP contribution >= 0.6 is 23.1 Å². The number of ether oxygens (including phenoxy) is 2. The molecule has 1 N–H and O–H groups in total. The number of anilines is 1. The lowest BCUT2D eigenvalue weighted by Gasteiger charge is -2.22. The number of nitrogens with one attached hydrogen (secondary N) is 1. The summed E-state index contributed by atoms with van der Waals surface area (Å²) >= 11 is 3.26. The normalized spacial score (nSPS) is 17.6. The van der Waals surface area contributed by atoms with Crippen molar-refractivity contribution in [2.24, 2.45) is 0 Å². The summed E-state index contributed by atoms with van der Waals surface area (Å²) in [6.07, 6.45) is 1.88. The number of aromatic nitrogens is 2. The van der Waals surface area contributed by atoms with E-state index in [1.54, 1.807) is 23.1 Å². The average molecular weight is 261 g/mol. The van der Waals surface area contributed by atoms with Gasteiger partial charge >= 0.3 is 0 Å². The third-order valence-corrected chi connectivity index (χ3v) is 4.20. The van der Waals surface area contributed by atoms with Crippen molar-refractivity contribution in [3.05, 3.63) is 0 Å². The molecule has 0 saturated carbocycles. The quantitative estimate of drug-likeness (QED) is 0.816. The largest absolute Gasteiger partial charge is 0.363 e. The molecule has 0 spiro atoms. The van der Waals surface area contributed by atoms with Gasteiger partial charge in [0.25, 0.3) is 0 Å². The first-order valence-electron chi connectivity index (χ1n) is 5.26. The first-order valence-corrected chi connectivity index (χ1v) is 7.06. The first-order chi connectivity index (χ1) is 7.88. The molecule has 2 rings (SSSR count). The van der Waals surface area contributed by atoms with Crippen molar-refractivity contribution >= 4 is 28.2 Å². The number of hydrogen-bond donors (Lipinski definition) is 1. The van der Waals surface area contributed by atoms with E-state index in [-0.39, 0.29) is 6.29 Å². The predicted octanol–water partition coefficient (Wildman–Crippen LogP) is 1.82. The highest BCUT2D eigenvalue weighted by Gasteiger charge is 2.14. The van der Waals surface area contributed by atoms with E-state index in [1.807, 2.05) is 7.05 Å². The Labute approximate surface area is 103 Å². The Hall–Kier alpha value is -0.370. The molecule has 0 radical (unpaired) electrons. The number of rotatable bonds is 5. The van der Waals surface area contributed by atoms with Crippen molar-refractivity contribution in [2.45, 2.75) is 23.5 Å². The van der Waals surface area contributed by atoms with Crippen LogP contribution in [0.5, 0.6) is 0 Å². The molecule has 0 aliphatic carbocycles. The molecule has 90 valence electrons. The Morgan fingerprint density at radius 2 is 2.25 bits per heavy atom. The topological polar surface area (TPSA) is 56.3 Å². The van der Waals surface area contributed by atoms with Crippen molar-refractivity contribution < 1.29 is 9.47 Å². The second-order valence-corrected chi connectivity index (χ2v) is 5.60. The van der Waals surface area contributed by atoms with Gasteiger partial charge in [0.2, 0.25) is 5.13 Å². The van der Waals surface area contributed by atoms with E-state index in [9.17, 15) is 0 Å². The Morgan fingerprint density at radius 1 is 1.44 bits per heavy atom. The van der Waals surface area contributed by atoms with Gasteiger partial charge in [0.05, 0.1) is 13.2 Å². The third kappa shape index (κ3) is 3.58. The molecule has 0 atom stereocenters. The van der Waals surface area contributed by atoms with Gasteiger partial charge in [0.15, 0.2) is 10.6 Å². The van der Waals surface area contributed by atoms with Gasteiger partial charge in [0.1, 0.15) is 0 Å². The fraction of sp³-hybridized carbons (Fsp3) is 0.778. The van der Waals surface area contributed by atoms with Crippen LogP contribution in [0.1, 0.15) is 12.8 Å². The smallest absolute Gasteiger partial charge is 0.206 e. The van der Waals surface area contributed by atoms with E-state index in [0.29, 0.717) is 0 Å². The van der Waals surface area contributed by atoms with Crippen LogP contribution in [0.25, 0.3) is 0 Å². The highest BCUT2D eigenvalue weighted by molar-refractivity contribution is 8.01. The van der Waals surface area contributed by atoms with Gasteiger partial charge in [-0.2, -0.15) is 0 Å². The van der Waals surface area contributed by atoms with E-state index in [2.05, 4.69) is 15.5 Å². The first kappa shape index (κ1) is 12.1. The predicted molar refractivity (Wildman–Crippen MR) is 65.1 cm³/mol. The number of hydrogen-bond acceptors (Lipinski definition) is 7. The lowest BCUT2D eigenvalue weighted by Crippen LogP contribution is -2.25. The fourth-order valence-electron chi connectivity index (χ4n) is 1.31. The van der Waals surface area contributed by atoms with Crippen molar-refractivity contribution in [1.29, 1.82) is 0 Å². The van der Waals surface area contributed by atoms with Crippen LogP contribution in [0.3, 0.4) is 0 Å². The van der Waals surface area contributed by atoms with Crippen LogP contribution in [-0.2, 0) is 9.47 Å². The van der Waals surface area contributed by atoms with Crippen molar-refractivity contribution in [2.75, 3.05) is 31.3 Å². The summed E-state index contributed by atoms with van der Waals surface area (Å²) in [5, 5.41) is 11.9. The summed E-state index contributed by atoms with van der Waals surface area (Å²) < 4.78 is 11.9. The molecule has 1 fully saturated rings. The van der Waals surface area contributed by atoms with Gasteiger partial charge < -0.3 is 14.8 Å². The summed E-state index contributed by atoms with van der Waals surface area (Å²) in [6, 6.07) is 0. The average Bonchev–Trinajstić information content (AvgIpc) is 2.78. The zero-order valence-electron chi connectivity index (χ0n) is 9.14. The lowest BCUT2D eigenvalue weighted by atomic mass is 10.4. The zero-order valence-corrected chi connectivity index (χ0v) is 10.8. The van der Waals surface area contributed by atoms with Gasteiger partial charge in [-0.3, -0.25) is 0 Å². The van der Waals surface area contributed by atoms with Crippen LogP contribution < -0.4 is 5.32 Å². The minimum Gasteiger partial charge on any atom is -0.363 e. The molecule has 5 nitrogen and oxygen atoms in total. The fourth-order valence-corrected chi connectivity index (χ4v) is 3.05. The van der Waals surface area contributed by atoms with Crippen LogP contribution in [-0.4, -0.2) is 42.5 Å². The van der Waals surface area contributed by atoms with Gasteiger partial charge in [-0.25, -0.2) is 0 Å². The Balaban J connectivity index is 1.66. The van der Waals surface area contributed by atoms with Crippen LogP contribution in [0, 0.1) is 0 Å². The van der Waals surface area contributed by atoms with Gasteiger partial charge in [-0.15, -0.1) is 10.2 Å². The summed E-state index contributed by atoms with van der Waals surface area (Å²) in [6.45, 7) is 1.64. The monoisotopic (exact) mass is 261 g/mol. The second kappa shape index (κ2) is 6.39. The molecule has 1 aliphatic heterocycles. The summed E-state index contributed by atoms with van der Waals surface area (Å²) in [5.41, 5.74) is 0. The van der Waals surface area contributed by atoms with Gasteiger partial charge in [-0.1, -0.05) is 23.1 Å². The minimum atomic E-state index is -0.0297. The van der Waals surface area contributed by atoms with E-state index in [4.69, 9.17) is 9.47 Å². The molecule has 0 aromatic carbocycles. The zero-order chi connectivity index (χ0) is 11.2. The maximum atomic E-state index is 5.46. The minimum absolute atomic E-state index is 0.0297. The Bertz CT molecular complexity index is 315. The summed E-state index contributed by atoms with van der Waals surface area (Å²) in [4.78, 5) is 0. The van der Waals surface area contributed by atoms with Gasteiger partial charge in [0, 0.05) is 19.2 Å². The molecular formula is C9H15N3O2S2. The highest BCUT2D eigenvalue weighted by atomic mass is 32.2. The third-order valence-electron chi connectivity index (χ3n) is 2.10.